The Morgan fingerprint density at radius 2 is 1.69 bits per heavy atom. The zero-order chi connectivity index (χ0) is 19.9. The van der Waals surface area contributed by atoms with Gasteiger partial charge in [-0.3, -0.25) is 0 Å². The van der Waals surface area contributed by atoms with Crippen molar-refractivity contribution >= 4 is 42.5 Å². The van der Waals surface area contributed by atoms with Crippen LogP contribution >= 0.6 is 0 Å². The SMILES string of the molecule is [NH2+]=C1c2cc(S(=O)(=O)O[NH3+])cc([S+]([O])(=O)O[NH3+])c2C=C[C+]1S(=O)(=O)O[NH3+]. The first-order valence-electron chi connectivity index (χ1n) is 6.33. The standard InChI is InChI=1S/C10H14N4O9S3/c11-10-7-3-5(24(15,16)21-12)4-9(26(19,20)23-14)6(7)1-2-8(10)25(17,18)22-13/h1-4,11H,12-14H3/q+5/p+1. The molecule has 1 unspecified atom stereocenters. The molecule has 11 N–H and O–H groups in total. The average Bonchev–Trinajstić information content (AvgIpc) is 2.60. The molecular weight excluding hydrogens is 416 g/mol. The van der Waals surface area contributed by atoms with Crippen LogP contribution in [0.5, 0.6) is 0 Å². The molecule has 16 heteroatoms. The molecule has 1 aliphatic rings. The normalized spacial score (nSPS) is 17.1. The molecule has 0 bridgehead atoms. The van der Waals surface area contributed by atoms with E-state index in [9.17, 15) is 25.6 Å². The molecule has 26 heavy (non-hydrogen) atoms. The highest BCUT2D eigenvalue weighted by atomic mass is 32.3. The Morgan fingerprint density at radius 1 is 1.08 bits per heavy atom. The molecule has 0 amide bonds. The number of hydrogen-bond donors (Lipinski definition) is 4. The smallest absolute Gasteiger partial charge is 0.230 e. The lowest BCUT2D eigenvalue weighted by molar-refractivity contribution is -0.637. The van der Waals surface area contributed by atoms with Crippen molar-refractivity contribution in [2.45, 2.75) is 9.79 Å². The van der Waals surface area contributed by atoms with Crippen molar-refractivity contribution in [3.05, 3.63) is 34.6 Å². The summed E-state index contributed by atoms with van der Waals surface area (Å²) >= 11 is 0. The molecule has 1 atom stereocenters. The second kappa shape index (κ2) is 6.78. The Bertz CT molecular complexity index is 1050. The van der Waals surface area contributed by atoms with E-state index in [2.05, 4.69) is 30.5 Å². The van der Waals surface area contributed by atoms with E-state index in [4.69, 9.17) is 5.41 Å². The summed E-state index contributed by atoms with van der Waals surface area (Å²) in [5, 5.41) is 5.26. The number of fused-ring (bicyclic) bond motifs is 1. The first-order valence-corrected chi connectivity index (χ1v) is 10.6. The Kier molecular flexibility index (Phi) is 5.36. The summed E-state index contributed by atoms with van der Waals surface area (Å²) in [5.41, 5.74) is -0.804. The third-order valence-corrected chi connectivity index (χ3v) is 6.88. The first-order chi connectivity index (χ1) is 11.9. The molecular formula is C10H15N4O9S3+6. The van der Waals surface area contributed by atoms with Gasteiger partial charge in [0.15, 0.2) is 11.1 Å². The third-order valence-electron chi connectivity index (χ3n) is 3.37. The van der Waals surface area contributed by atoms with Crippen molar-refractivity contribution < 1.29 is 61.5 Å². The van der Waals surface area contributed by atoms with Gasteiger partial charge in [-0.05, 0) is 4.21 Å². The monoisotopic (exact) mass is 431 g/mol. The first kappa shape index (κ1) is 20.6. The minimum atomic E-state index is -4.49. The lowest BCUT2D eigenvalue weighted by atomic mass is 9.95. The van der Waals surface area contributed by atoms with Crippen LogP contribution in [0.2, 0.25) is 0 Å². The minimum Gasteiger partial charge on any atom is -0.230 e. The predicted octanol–water partition coefficient (Wildman–Crippen LogP) is -5.55. The van der Waals surface area contributed by atoms with Crippen LogP contribution in [0, 0.1) is 5.25 Å². The Morgan fingerprint density at radius 3 is 2.19 bits per heavy atom. The number of nitrogens with two attached hydrogens (primary N) is 1. The van der Waals surface area contributed by atoms with Crippen LogP contribution in [0.1, 0.15) is 11.1 Å². The second-order valence-electron chi connectivity index (χ2n) is 4.71. The van der Waals surface area contributed by atoms with E-state index in [1.807, 2.05) is 0 Å². The lowest BCUT2D eigenvalue weighted by Gasteiger charge is -2.09. The highest BCUT2D eigenvalue weighted by molar-refractivity contribution is 7.93. The summed E-state index contributed by atoms with van der Waals surface area (Å²) in [4.78, 5) is -1.26. The number of rotatable bonds is 6. The van der Waals surface area contributed by atoms with Crippen LogP contribution in [0.25, 0.3) is 6.08 Å². The van der Waals surface area contributed by atoms with Gasteiger partial charge in [0, 0.05) is 12.1 Å². The molecule has 0 heterocycles. The molecule has 0 aromatic heterocycles. The van der Waals surface area contributed by atoms with Crippen LogP contribution in [-0.2, 0) is 52.3 Å². The highest BCUT2D eigenvalue weighted by Crippen LogP contribution is 2.35. The molecule has 2 rings (SSSR count). The van der Waals surface area contributed by atoms with Gasteiger partial charge in [-0.1, -0.05) is 8.57 Å². The third kappa shape index (κ3) is 3.42. The van der Waals surface area contributed by atoms with E-state index in [0.29, 0.717) is 0 Å². The second-order valence-corrected chi connectivity index (χ2v) is 9.49. The maximum absolute atomic E-state index is 12.1. The lowest BCUT2D eigenvalue weighted by Crippen LogP contribution is -2.55. The van der Waals surface area contributed by atoms with Crippen molar-refractivity contribution in [1.29, 1.82) is 0 Å². The van der Waals surface area contributed by atoms with Gasteiger partial charge in [-0.25, -0.2) is 5.41 Å². The molecule has 1 radical (unpaired) electrons. The largest absolute Gasteiger partial charge is 0.485 e. The maximum Gasteiger partial charge on any atom is 0.485 e. The van der Waals surface area contributed by atoms with Crippen molar-refractivity contribution in [2.24, 2.45) is 0 Å². The number of quaternary nitrogens is 3. The van der Waals surface area contributed by atoms with Crippen molar-refractivity contribution in [3.8, 4) is 0 Å². The highest BCUT2D eigenvalue weighted by Gasteiger charge is 2.52. The van der Waals surface area contributed by atoms with Crippen LogP contribution in [0.4, 0.5) is 0 Å². The van der Waals surface area contributed by atoms with Crippen LogP contribution in [0.15, 0.2) is 28.0 Å². The van der Waals surface area contributed by atoms with Gasteiger partial charge < -0.3 is 0 Å². The van der Waals surface area contributed by atoms with Gasteiger partial charge in [0.2, 0.25) is 0 Å². The van der Waals surface area contributed by atoms with Crippen LogP contribution in [0.3, 0.4) is 0 Å². The molecule has 0 spiro atoms. The fourth-order valence-electron chi connectivity index (χ4n) is 2.14. The predicted molar refractivity (Wildman–Crippen MR) is 79.8 cm³/mol. The average molecular weight is 431 g/mol. The molecule has 1 aliphatic carbocycles. The summed E-state index contributed by atoms with van der Waals surface area (Å²) in [6.45, 7) is 0. The number of benzene rings is 1. The van der Waals surface area contributed by atoms with E-state index in [1.54, 1.807) is 0 Å². The summed E-state index contributed by atoms with van der Waals surface area (Å²) in [5.74, 6) is 8.39. The van der Waals surface area contributed by atoms with Gasteiger partial charge in [-0.2, -0.15) is 34.5 Å². The minimum absolute atomic E-state index is 0.114. The quantitative estimate of drug-likeness (QED) is 0.192. The van der Waals surface area contributed by atoms with Gasteiger partial charge in [0.1, 0.15) is 4.90 Å². The van der Waals surface area contributed by atoms with Crippen molar-refractivity contribution in [2.75, 3.05) is 0 Å². The maximum atomic E-state index is 12.1. The van der Waals surface area contributed by atoms with Crippen LogP contribution in [-0.4, -0.2) is 22.5 Å². The van der Waals surface area contributed by atoms with Crippen LogP contribution < -0.4 is 23.1 Å². The zero-order valence-corrected chi connectivity index (χ0v) is 15.4. The Balaban J connectivity index is 2.86. The fourth-order valence-corrected chi connectivity index (χ4v) is 4.46. The molecule has 13 nitrogen and oxygen atoms in total. The summed E-state index contributed by atoms with van der Waals surface area (Å²) in [6, 6.07) is 1.67. The van der Waals surface area contributed by atoms with E-state index in [0.717, 1.165) is 24.3 Å². The molecule has 0 saturated heterocycles. The van der Waals surface area contributed by atoms with E-state index < -0.39 is 51.5 Å². The van der Waals surface area contributed by atoms with Gasteiger partial charge >= 0.3 is 36.4 Å². The topological polar surface area (TPSA) is 241 Å². The van der Waals surface area contributed by atoms with Gasteiger partial charge in [0.25, 0.3) is 10.1 Å². The zero-order valence-electron chi connectivity index (χ0n) is 12.9. The molecule has 1 aromatic carbocycles. The number of hydrogen-bond acceptors (Lipinski definition) is 8. The molecule has 1 aromatic rings. The van der Waals surface area contributed by atoms with Gasteiger partial charge in [-0.15, -0.1) is 0 Å². The molecule has 0 saturated carbocycles. The van der Waals surface area contributed by atoms with Crippen molar-refractivity contribution in [1.82, 2.24) is 0 Å². The van der Waals surface area contributed by atoms with E-state index in [1.165, 1.54) is 0 Å². The Labute approximate surface area is 148 Å². The van der Waals surface area contributed by atoms with E-state index >= 15 is 0 Å². The van der Waals surface area contributed by atoms with Gasteiger partial charge in [0.05, 0.1) is 21.0 Å². The van der Waals surface area contributed by atoms with E-state index in [-0.39, 0.29) is 11.1 Å². The summed E-state index contributed by atoms with van der Waals surface area (Å²) in [6.07, 6.45) is 2.07. The molecule has 141 valence electrons. The van der Waals surface area contributed by atoms with Crippen molar-refractivity contribution in [3.63, 3.8) is 0 Å². The summed E-state index contributed by atoms with van der Waals surface area (Å²) < 4.78 is 84.2. The molecule has 0 aliphatic heterocycles. The molecule has 0 fully saturated rings. The Hall–Kier alpha value is -1.73. The summed E-state index contributed by atoms with van der Waals surface area (Å²) in [7, 11) is -13.3. The fraction of sp³-hybridized carbons (Fsp3) is 0.